The third kappa shape index (κ3) is 10.2. The van der Waals surface area contributed by atoms with Crippen LogP contribution in [0.5, 0.6) is 0 Å². The topological polar surface area (TPSA) is 61.1 Å². The summed E-state index contributed by atoms with van der Waals surface area (Å²) in [6, 6.07) is 11.2. The number of hydrogen-bond acceptors (Lipinski definition) is 2. The second-order valence-electron chi connectivity index (χ2n) is 2.64. The Balaban J connectivity index is 0.000000232. The van der Waals surface area contributed by atoms with Crippen LogP contribution in [-0.2, 0) is 4.79 Å². The van der Waals surface area contributed by atoms with E-state index in [2.05, 4.69) is 0 Å². The summed E-state index contributed by atoms with van der Waals surface area (Å²) < 4.78 is 0. The van der Waals surface area contributed by atoms with Crippen LogP contribution in [0.15, 0.2) is 30.3 Å². The second-order valence-corrected chi connectivity index (χ2v) is 2.64. The van der Waals surface area contributed by atoms with E-state index in [1.165, 1.54) is 19.3 Å². The Morgan fingerprint density at radius 1 is 1.21 bits per heavy atom. The fourth-order valence-electron chi connectivity index (χ4n) is 0.513. The first-order valence-corrected chi connectivity index (χ1v) is 4.38. The molecule has 1 saturated carbocycles. The first-order chi connectivity index (χ1) is 6.85. The predicted octanol–water partition coefficient (Wildman–Crippen LogP) is 2.43. The number of benzene rings is 1. The molecular weight excluding hydrogens is 178 g/mol. The van der Waals surface area contributed by atoms with Gasteiger partial charge in [-0.1, -0.05) is 37.5 Å². The standard InChI is InChI=1S/C7H5N.C3H6.CH2O2/c8-6-7-4-2-1-3-5-7;1-2-3-1;2-1-3/h1-5H;1-3H2;1H,(H,2,3). The lowest BCUT2D eigenvalue weighted by atomic mass is 10.2. The summed E-state index contributed by atoms with van der Waals surface area (Å²) in [7, 11) is 0. The van der Waals surface area contributed by atoms with Crippen molar-refractivity contribution in [2.24, 2.45) is 0 Å². The smallest absolute Gasteiger partial charge is 0.290 e. The van der Waals surface area contributed by atoms with Crippen molar-refractivity contribution in [3.63, 3.8) is 0 Å². The zero-order valence-electron chi connectivity index (χ0n) is 7.89. The summed E-state index contributed by atoms with van der Waals surface area (Å²) >= 11 is 0. The number of rotatable bonds is 0. The Morgan fingerprint density at radius 3 is 1.86 bits per heavy atom. The van der Waals surface area contributed by atoms with Crippen molar-refractivity contribution in [1.29, 1.82) is 5.26 Å². The number of nitriles is 1. The second kappa shape index (κ2) is 9.27. The number of hydrogen-bond donors (Lipinski definition) is 1. The number of carbonyl (C=O) groups is 1. The van der Waals surface area contributed by atoms with Crippen LogP contribution in [0.2, 0.25) is 0 Å². The first kappa shape index (κ1) is 12.2. The van der Waals surface area contributed by atoms with E-state index >= 15 is 0 Å². The molecule has 0 atom stereocenters. The molecule has 1 aromatic carbocycles. The van der Waals surface area contributed by atoms with Crippen LogP contribution < -0.4 is 0 Å². The Hall–Kier alpha value is -1.82. The molecule has 14 heavy (non-hydrogen) atoms. The predicted molar refractivity (Wildman–Crippen MR) is 53.7 cm³/mol. The Bertz CT molecular complexity index is 272. The number of carboxylic acid groups (broad SMARTS) is 1. The van der Waals surface area contributed by atoms with Crippen LogP contribution in [0.3, 0.4) is 0 Å². The van der Waals surface area contributed by atoms with Crippen molar-refractivity contribution in [1.82, 2.24) is 0 Å². The highest BCUT2D eigenvalue weighted by Gasteiger charge is 1.95. The monoisotopic (exact) mass is 191 g/mol. The largest absolute Gasteiger partial charge is 0.483 e. The molecule has 0 aliphatic heterocycles. The van der Waals surface area contributed by atoms with E-state index in [1.54, 1.807) is 12.1 Å². The van der Waals surface area contributed by atoms with Crippen molar-refractivity contribution in [3.8, 4) is 6.07 Å². The highest BCUT2D eigenvalue weighted by Crippen LogP contribution is 2.14. The molecule has 0 radical (unpaired) electrons. The van der Waals surface area contributed by atoms with Gasteiger partial charge in [0, 0.05) is 0 Å². The maximum Gasteiger partial charge on any atom is 0.290 e. The molecule has 0 heterocycles. The van der Waals surface area contributed by atoms with Crippen LogP contribution in [0.1, 0.15) is 24.8 Å². The van der Waals surface area contributed by atoms with E-state index < -0.39 is 0 Å². The first-order valence-electron chi connectivity index (χ1n) is 4.38. The van der Waals surface area contributed by atoms with Crippen LogP contribution in [0, 0.1) is 11.3 Å². The minimum Gasteiger partial charge on any atom is -0.483 e. The summed E-state index contributed by atoms with van der Waals surface area (Å²) in [5.41, 5.74) is 0.715. The minimum absolute atomic E-state index is 0.250. The molecule has 1 fully saturated rings. The number of nitrogens with zero attached hydrogens (tertiary/aromatic N) is 1. The van der Waals surface area contributed by atoms with Crippen LogP contribution >= 0.6 is 0 Å². The molecule has 0 spiro atoms. The highest BCUT2D eigenvalue weighted by atomic mass is 16.3. The maximum atomic E-state index is 8.36. The van der Waals surface area contributed by atoms with Gasteiger partial charge in [0.15, 0.2) is 0 Å². The van der Waals surface area contributed by atoms with E-state index in [0.717, 1.165) is 0 Å². The molecule has 0 aromatic heterocycles. The van der Waals surface area contributed by atoms with Gasteiger partial charge in [-0.3, -0.25) is 4.79 Å². The van der Waals surface area contributed by atoms with Crippen molar-refractivity contribution in [3.05, 3.63) is 35.9 Å². The minimum atomic E-state index is -0.250. The molecule has 0 saturated heterocycles. The lowest BCUT2D eigenvalue weighted by molar-refractivity contribution is -0.122. The lowest BCUT2D eigenvalue weighted by Crippen LogP contribution is -1.66. The van der Waals surface area contributed by atoms with Gasteiger partial charge in [-0.2, -0.15) is 5.26 Å². The Morgan fingerprint density at radius 2 is 1.64 bits per heavy atom. The third-order valence-corrected chi connectivity index (χ3v) is 1.26. The molecule has 1 aliphatic carbocycles. The van der Waals surface area contributed by atoms with Gasteiger partial charge in [-0.25, -0.2) is 0 Å². The molecule has 1 N–H and O–H groups in total. The van der Waals surface area contributed by atoms with Gasteiger partial charge >= 0.3 is 0 Å². The van der Waals surface area contributed by atoms with Gasteiger partial charge in [-0.05, 0) is 12.1 Å². The van der Waals surface area contributed by atoms with Gasteiger partial charge in [0.05, 0.1) is 11.6 Å². The third-order valence-electron chi connectivity index (χ3n) is 1.26. The summed E-state index contributed by atoms with van der Waals surface area (Å²) in [6.07, 6.45) is 4.50. The normalized spacial score (nSPS) is 10.5. The molecule has 1 aromatic rings. The van der Waals surface area contributed by atoms with Crippen molar-refractivity contribution >= 4 is 6.47 Å². The lowest BCUT2D eigenvalue weighted by Gasteiger charge is -1.80. The summed E-state index contributed by atoms with van der Waals surface area (Å²) in [5.74, 6) is 0. The fourth-order valence-corrected chi connectivity index (χ4v) is 0.513. The zero-order chi connectivity index (χ0) is 10.6. The molecule has 1 aliphatic rings. The molecular formula is C11H13NO2. The van der Waals surface area contributed by atoms with E-state index in [9.17, 15) is 0 Å². The highest BCUT2D eigenvalue weighted by molar-refractivity contribution is 5.32. The summed E-state index contributed by atoms with van der Waals surface area (Å²) in [6.45, 7) is -0.250. The van der Waals surface area contributed by atoms with Crippen molar-refractivity contribution in [2.45, 2.75) is 19.3 Å². The summed E-state index contributed by atoms with van der Waals surface area (Å²) in [4.78, 5) is 8.36. The molecule has 0 unspecified atom stereocenters. The molecule has 74 valence electrons. The van der Waals surface area contributed by atoms with Gasteiger partial charge in [0.1, 0.15) is 0 Å². The van der Waals surface area contributed by atoms with Gasteiger partial charge < -0.3 is 5.11 Å². The quantitative estimate of drug-likeness (QED) is 0.640. The fraction of sp³-hybridized carbons (Fsp3) is 0.273. The molecule has 3 heteroatoms. The van der Waals surface area contributed by atoms with Crippen molar-refractivity contribution in [2.75, 3.05) is 0 Å². The molecule has 3 nitrogen and oxygen atoms in total. The van der Waals surface area contributed by atoms with Gasteiger partial charge in [0.2, 0.25) is 0 Å². The van der Waals surface area contributed by atoms with Crippen LogP contribution in [-0.4, -0.2) is 11.6 Å². The Kier molecular flexibility index (Phi) is 8.06. The van der Waals surface area contributed by atoms with E-state index in [-0.39, 0.29) is 6.47 Å². The van der Waals surface area contributed by atoms with Crippen LogP contribution in [0.25, 0.3) is 0 Å². The van der Waals surface area contributed by atoms with Gasteiger partial charge in [-0.15, -0.1) is 0 Å². The zero-order valence-corrected chi connectivity index (χ0v) is 7.89. The van der Waals surface area contributed by atoms with Crippen molar-refractivity contribution < 1.29 is 9.90 Å². The molecule has 2 rings (SSSR count). The molecule has 0 amide bonds. The van der Waals surface area contributed by atoms with E-state index in [4.69, 9.17) is 15.2 Å². The maximum absolute atomic E-state index is 8.36. The SMILES string of the molecule is C1CC1.N#Cc1ccccc1.O=CO. The van der Waals surface area contributed by atoms with Crippen LogP contribution in [0.4, 0.5) is 0 Å². The van der Waals surface area contributed by atoms with E-state index in [0.29, 0.717) is 5.56 Å². The molecule has 0 bridgehead atoms. The Labute approximate surface area is 83.6 Å². The summed E-state index contributed by atoms with van der Waals surface area (Å²) in [5, 5.41) is 15.2. The average molecular weight is 191 g/mol. The van der Waals surface area contributed by atoms with E-state index in [1.807, 2.05) is 24.3 Å². The average Bonchev–Trinajstić information content (AvgIpc) is 3.07. The van der Waals surface area contributed by atoms with Gasteiger partial charge in [0.25, 0.3) is 6.47 Å².